The minimum Gasteiger partial charge on any atom is -0.454 e. The van der Waals surface area contributed by atoms with Crippen LogP contribution in [0.15, 0.2) is 205 Å². The van der Waals surface area contributed by atoms with Crippen molar-refractivity contribution >= 4 is 81.3 Å². The van der Waals surface area contributed by atoms with Crippen LogP contribution in [-0.2, 0) is 0 Å². The molecule has 0 atom stereocenters. The van der Waals surface area contributed by atoms with E-state index in [2.05, 4.69) is 199 Å². The number of nitrogens with zero attached hydrogens (tertiary/aromatic N) is 1. The van der Waals surface area contributed by atoms with Crippen molar-refractivity contribution in [2.75, 3.05) is 4.90 Å². The molecular formula is C52H33NOS. The van der Waals surface area contributed by atoms with Crippen LogP contribution < -0.4 is 4.90 Å². The number of hydrogen-bond acceptors (Lipinski definition) is 3. The number of anilines is 3. The minimum absolute atomic E-state index is 0.869. The number of rotatable bonds is 6. The lowest BCUT2D eigenvalue weighted by Gasteiger charge is -2.27. The summed E-state index contributed by atoms with van der Waals surface area (Å²) < 4.78 is 9.29. The lowest BCUT2D eigenvalue weighted by Crippen LogP contribution is -2.10. The van der Waals surface area contributed by atoms with Crippen LogP contribution in [0.4, 0.5) is 17.1 Å². The molecule has 3 heteroatoms. The van der Waals surface area contributed by atoms with Gasteiger partial charge in [0.15, 0.2) is 5.58 Å². The standard InChI is InChI=1S/C52H33NOS/c1-3-14-34(15-4-1)40-31-28-36-18-7-8-19-39(36)49(40)37-26-29-38(30-27-37)53(46-23-13-22-43-42-20-9-11-24-47(42)54-51(43)46)45-33-32-41(35-16-5-2-6-17-35)52-50(45)44-21-10-12-25-48(44)55-52/h1-33H. The SMILES string of the molecule is c1ccc(-c2ccc3ccccc3c2-c2ccc(N(c3cccc4c3oc3ccccc34)c3ccc(-c4ccccc4)c4sc5ccccc5c34)cc2)cc1. The second-order valence-corrected chi connectivity index (χ2v) is 15.1. The van der Waals surface area contributed by atoms with Crippen molar-refractivity contribution in [1.82, 2.24) is 0 Å². The van der Waals surface area contributed by atoms with Crippen LogP contribution in [0, 0.1) is 0 Å². The van der Waals surface area contributed by atoms with E-state index in [0.29, 0.717) is 0 Å². The first-order valence-electron chi connectivity index (χ1n) is 18.7. The molecule has 0 unspecified atom stereocenters. The van der Waals surface area contributed by atoms with Crippen molar-refractivity contribution in [1.29, 1.82) is 0 Å². The highest BCUT2D eigenvalue weighted by Crippen LogP contribution is 2.50. The van der Waals surface area contributed by atoms with Crippen LogP contribution in [0.2, 0.25) is 0 Å². The van der Waals surface area contributed by atoms with Gasteiger partial charge in [0.1, 0.15) is 5.58 Å². The third-order valence-corrected chi connectivity index (χ3v) is 12.1. The quantitative estimate of drug-likeness (QED) is 0.170. The van der Waals surface area contributed by atoms with Crippen molar-refractivity contribution in [3.8, 4) is 33.4 Å². The molecule has 0 aliphatic rings. The maximum atomic E-state index is 6.75. The molecule has 0 aliphatic carbocycles. The fourth-order valence-corrected chi connectivity index (χ4v) is 9.64. The summed E-state index contributed by atoms with van der Waals surface area (Å²) in [6.45, 7) is 0. The summed E-state index contributed by atoms with van der Waals surface area (Å²) in [4.78, 5) is 2.41. The van der Waals surface area contributed by atoms with E-state index in [1.165, 1.54) is 64.3 Å². The monoisotopic (exact) mass is 719 g/mol. The van der Waals surface area contributed by atoms with E-state index in [9.17, 15) is 0 Å². The average Bonchev–Trinajstić information content (AvgIpc) is 3.84. The minimum atomic E-state index is 0.869. The van der Waals surface area contributed by atoms with Crippen LogP contribution in [0.3, 0.4) is 0 Å². The predicted molar refractivity (Wildman–Crippen MR) is 235 cm³/mol. The van der Waals surface area contributed by atoms with E-state index in [0.717, 1.165) is 39.0 Å². The zero-order valence-corrected chi connectivity index (χ0v) is 30.6. The van der Waals surface area contributed by atoms with Crippen LogP contribution in [0.1, 0.15) is 0 Å². The summed E-state index contributed by atoms with van der Waals surface area (Å²) in [6, 6.07) is 72.1. The third-order valence-electron chi connectivity index (χ3n) is 10.9. The number of para-hydroxylation sites is 2. The van der Waals surface area contributed by atoms with E-state index in [1.807, 2.05) is 17.4 Å². The van der Waals surface area contributed by atoms with E-state index in [4.69, 9.17) is 4.42 Å². The van der Waals surface area contributed by atoms with Gasteiger partial charge in [-0.2, -0.15) is 0 Å². The molecular weight excluding hydrogens is 687 g/mol. The van der Waals surface area contributed by atoms with Gasteiger partial charge in [0.25, 0.3) is 0 Å². The number of benzene rings is 9. The van der Waals surface area contributed by atoms with Gasteiger partial charge >= 0.3 is 0 Å². The zero-order valence-electron chi connectivity index (χ0n) is 29.8. The molecule has 11 rings (SSSR count). The Balaban J connectivity index is 1.18. The van der Waals surface area contributed by atoms with Gasteiger partial charge in [-0.05, 0) is 80.6 Å². The first-order valence-corrected chi connectivity index (χ1v) is 19.5. The Morgan fingerprint density at radius 1 is 0.400 bits per heavy atom. The maximum absolute atomic E-state index is 6.75. The topological polar surface area (TPSA) is 16.4 Å². The molecule has 0 bridgehead atoms. The van der Waals surface area contributed by atoms with Crippen molar-refractivity contribution in [2.24, 2.45) is 0 Å². The summed E-state index contributed by atoms with van der Waals surface area (Å²) >= 11 is 1.86. The maximum Gasteiger partial charge on any atom is 0.159 e. The molecule has 2 heterocycles. The number of thiophene rings is 1. The molecule has 9 aromatic carbocycles. The molecule has 0 amide bonds. The Labute approximate surface area is 322 Å². The Kier molecular flexibility index (Phi) is 7.39. The van der Waals surface area contributed by atoms with Gasteiger partial charge in [-0.15, -0.1) is 11.3 Å². The van der Waals surface area contributed by atoms with Crippen molar-refractivity contribution in [3.63, 3.8) is 0 Å². The molecule has 0 saturated heterocycles. The Bertz CT molecular complexity index is 3190. The number of hydrogen-bond donors (Lipinski definition) is 0. The van der Waals surface area contributed by atoms with Crippen LogP contribution in [0.5, 0.6) is 0 Å². The molecule has 0 fully saturated rings. The highest BCUT2D eigenvalue weighted by molar-refractivity contribution is 7.26. The van der Waals surface area contributed by atoms with E-state index in [1.54, 1.807) is 0 Å². The predicted octanol–water partition coefficient (Wildman–Crippen LogP) is 15.6. The van der Waals surface area contributed by atoms with Crippen molar-refractivity contribution in [2.45, 2.75) is 0 Å². The summed E-state index contributed by atoms with van der Waals surface area (Å²) in [5.41, 5.74) is 12.2. The van der Waals surface area contributed by atoms with E-state index < -0.39 is 0 Å². The van der Waals surface area contributed by atoms with Gasteiger partial charge in [-0.3, -0.25) is 0 Å². The van der Waals surface area contributed by atoms with Crippen LogP contribution in [-0.4, -0.2) is 0 Å². The van der Waals surface area contributed by atoms with Gasteiger partial charge < -0.3 is 9.32 Å². The second-order valence-electron chi connectivity index (χ2n) is 14.0. The molecule has 55 heavy (non-hydrogen) atoms. The van der Waals surface area contributed by atoms with E-state index >= 15 is 0 Å². The van der Waals surface area contributed by atoms with Crippen molar-refractivity contribution in [3.05, 3.63) is 200 Å². The summed E-state index contributed by atoms with van der Waals surface area (Å²) in [5.74, 6) is 0. The Hall–Kier alpha value is -6.94. The molecule has 2 aromatic heterocycles. The summed E-state index contributed by atoms with van der Waals surface area (Å²) in [6.07, 6.45) is 0. The lowest BCUT2D eigenvalue weighted by atomic mass is 9.89. The fraction of sp³-hybridized carbons (Fsp3) is 0. The van der Waals surface area contributed by atoms with Crippen LogP contribution >= 0.6 is 11.3 Å². The molecule has 2 nitrogen and oxygen atoms in total. The average molecular weight is 720 g/mol. The zero-order chi connectivity index (χ0) is 36.3. The van der Waals surface area contributed by atoms with Gasteiger partial charge in [0.2, 0.25) is 0 Å². The molecule has 0 N–H and O–H groups in total. The Morgan fingerprint density at radius 3 is 1.84 bits per heavy atom. The first-order chi connectivity index (χ1) is 27.3. The molecule has 0 radical (unpaired) electrons. The number of fused-ring (bicyclic) bond motifs is 7. The summed E-state index contributed by atoms with van der Waals surface area (Å²) in [5, 5.41) is 7.17. The smallest absolute Gasteiger partial charge is 0.159 e. The normalized spacial score (nSPS) is 11.6. The Morgan fingerprint density at radius 2 is 1.04 bits per heavy atom. The molecule has 11 aromatic rings. The van der Waals surface area contributed by atoms with E-state index in [-0.39, 0.29) is 0 Å². The first kappa shape index (κ1) is 31.6. The number of furan rings is 1. The third kappa shape index (κ3) is 5.16. The molecule has 0 spiro atoms. The fourth-order valence-electron chi connectivity index (χ4n) is 8.38. The van der Waals surface area contributed by atoms with Gasteiger partial charge in [-0.25, -0.2) is 0 Å². The summed E-state index contributed by atoms with van der Waals surface area (Å²) in [7, 11) is 0. The molecule has 258 valence electrons. The largest absolute Gasteiger partial charge is 0.454 e. The van der Waals surface area contributed by atoms with Crippen molar-refractivity contribution < 1.29 is 4.42 Å². The van der Waals surface area contributed by atoms with Crippen LogP contribution in [0.25, 0.3) is 86.3 Å². The van der Waals surface area contributed by atoms with Gasteiger partial charge in [-0.1, -0.05) is 164 Å². The molecule has 0 aliphatic heterocycles. The highest BCUT2D eigenvalue weighted by atomic mass is 32.1. The van der Waals surface area contributed by atoms with Gasteiger partial charge in [0.05, 0.1) is 11.4 Å². The second kappa shape index (κ2) is 12.9. The molecule has 0 saturated carbocycles. The van der Waals surface area contributed by atoms with Gasteiger partial charge in [0, 0.05) is 36.6 Å². The highest BCUT2D eigenvalue weighted by Gasteiger charge is 2.24. The lowest BCUT2D eigenvalue weighted by molar-refractivity contribution is 0.669.